The fourth-order valence-electron chi connectivity index (χ4n) is 3.87. The molecule has 0 aliphatic heterocycles. The van der Waals surface area contributed by atoms with Crippen molar-refractivity contribution in [3.8, 4) is 5.75 Å². The predicted octanol–water partition coefficient (Wildman–Crippen LogP) is 4.80. The number of aryl methyl sites for hydroxylation is 2. The van der Waals surface area contributed by atoms with Gasteiger partial charge in [0.25, 0.3) is 5.56 Å². The minimum absolute atomic E-state index is 0.0317. The van der Waals surface area contributed by atoms with E-state index in [9.17, 15) is 9.59 Å². The third-order valence-electron chi connectivity index (χ3n) is 5.90. The third kappa shape index (κ3) is 5.02. The average molecular weight is 482 g/mol. The van der Waals surface area contributed by atoms with E-state index >= 15 is 0 Å². The van der Waals surface area contributed by atoms with Crippen molar-refractivity contribution in [1.29, 1.82) is 0 Å². The van der Waals surface area contributed by atoms with Crippen molar-refractivity contribution >= 4 is 38.8 Å². The number of amides is 1. The number of thiophene rings is 2. The summed E-state index contributed by atoms with van der Waals surface area (Å²) >= 11 is 3.19. The van der Waals surface area contributed by atoms with Gasteiger partial charge >= 0.3 is 0 Å². The molecule has 1 unspecified atom stereocenters. The molecule has 0 aliphatic rings. The molecule has 0 radical (unpaired) electrons. The lowest BCUT2D eigenvalue weighted by Crippen LogP contribution is -2.42. The molecule has 0 aliphatic carbocycles. The molecule has 0 fully saturated rings. The Labute approximate surface area is 201 Å². The van der Waals surface area contributed by atoms with E-state index in [1.807, 2.05) is 54.5 Å². The molecule has 0 N–H and O–H groups in total. The molecular formula is C25H27N3O3S2. The van der Waals surface area contributed by atoms with Crippen LogP contribution in [0.25, 0.3) is 10.2 Å². The van der Waals surface area contributed by atoms with Crippen LogP contribution in [0.3, 0.4) is 0 Å². The molecule has 3 aromatic heterocycles. The Morgan fingerprint density at radius 2 is 1.97 bits per heavy atom. The second-order valence-corrected chi connectivity index (χ2v) is 10.4. The van der Waals surface area contributed by atoms with Gasteiger partial charge in [0.05, 0.1) is 18.8 Å². The SMILES string of the molecule is COc1ccc(CN(C(=O)Cn2cnc3sc(C)c(C)c3c2=O)C(C)Cc2cccs2)cc1. The molecule has 0 saturated heterocycles. The Hall–Kier alpha value is -2.97. The van der Waals surface area contributed by atoms with Crippen LogP contribution in [0.1, 0.15) is 27.8 Å². The standard InChI is InChI=1S/C25H27N3O3S2/c1-16(12-21-6-5-11-32-21)28(13-19-7-9-20(31-4)10-8-19)22(29)14-27-15-26-24-23(25(27)30)17(2)18(3)33-24/h5-11,15-16H,12-14H2,1-4H3. The molecular weight excluding hydrogens is 454 g/mol. The zero-order chi connectivity index (χ0) is 23.5. The fourth-order valence-corrected chi connectivity index (χ4v) is 5.68. The van der Waals surface area contributed by atoms with Gasteiger partial charge < -0.3 is 9.64 Å². The van der Waals surface area contributed by atoms with Gasteiger partial charge in [0, 0.05) is 28.8 Å². The second-order valence-electron chi connectivity index (χ2n) is 8.14. The molecule has 0 saturated carbocycles. The van der Waals surface area contributed by atoms with Crippen LogP contribution in [0, 0.1) is 13.8 Å². The van der Waals surface area contributed by atoms with Gasteiger partial charge in [0.15, 0.2) is 0 Å². The Morgan fingerprint density at radius 3 is 2.64 bits per heavy atom. The Balaban J connectivity index is 1.61. The molecule has 3 heterocycles. The van der Waals surface area contributed by atoms with Crippen molar-refractivity contribution in [3.63, 3.8) is 0 Å². The molecule has 1 atom stereocenters. The van der Waals surface area contributed by atoms with E-state index in [4.69, 9.17) is 4.74 Å². The zero-order valence-corrected chi connectivity index (χ0v) is 20.8. The van der Waals surface area contributed by atoms with Gasteiger partial charge in [-0.2, -0.15) is 0 Å². The number of methoxy groups -OCH3 is 1. The number of rotatable bonds is 8. The summed E-state index contributed by atoms with van der Waals surface area (Å²) in [4.78, 5) is 35.9. The van der Waals surface area contributed by atoms with E-state index in [1.165, 1.54) is 27.1 Å². The number of ether oxygens (including phenoxy) is 1. The van der Waals surface area contributed by atoms with Gasteiger partial charge in [-0.05, 0) is 55.5 Å². The lowest BCUT2D eigenvalue weighted by molar-refractivity contribution is -0.134. The number of nitrogens with zero attached hydrogens (tertiary/aromatic N) is 3. The lowest BCUT2D eigenvalue weighted by Gasteiger charge is -2.29. The smallest absolute Gasteiger partial charge is 0.262 e. The summed E-state index contributed by atoms with van der Waals surface area (Å²) in [6.45, 7) is 6.39. The van der Waals surface area contributed by atoms with Gasteiger partial charge in [-0.3, -0.25) is 14.2 Å². The first-order valence-corrected chi connectivity index (χ1v) is 12.5. The summed E-state index contributed by atoms with van der Waals surface area (Å²) in [7, 11) is 1.63. The van der Waals surface area contributed by atoms with E-state index in [0.29, 0.717) is 11.9 Å². The number of fused-ring (bicyclic) bond motifs is 1. The molecule has 0 spiro atoms. The molecule has 0 bridgehead atoms. The minimum atomic E-state index is -0.162. The topological polar surface area (TPSA) is 64.4 Å². The van der Waals surface area contributed by atoms with Crippen LogP contribution >= 0.6 is 22.7 Å². The van der Waals surface area contributed by atoms with Crippen LogP contribution < -0.4 is 10.3 Å². The highest BCUT2D eigenvalue weighted by molar-refractivity contribution is 7.18. The van der Waals surface area contributed by atoms with E-state index in [1.54, 1.807) is 18.4 Å². The van der Waals surface area contributed by atoms with Gasteiger partial charge in [-0.15, -0.1) is 22.7 Å². The van der Waals surface area contributed by atoms with Crippen molar-refractivity contribution in [3.05, 3.63) is 79.3 Å². The number of benzene rings is 1. The Morgan fingerprint density at radius 1 is 1.21 bits per heavy atom. The predicted molar refractivity (Wildman–Crippen MR) is 134 cm³/mol. The molecule has 4 aromatic rings. The number of hydrogen-bond acceptors (Lipinski definition) is 6. The number of carbonyl (C=O) groups is 1. The third-order valence-corrected chi connectivity index (χ3v) is 7.92. The molecule has 172 valence electrons. The van der Waals surface area contributed by atoms with Crippen LogP contribution in [0.2, 0.25) is 0 Å². The second kappa shape index (κ2) is 9.89. The first-order valence-electron chi connectivity index (χ1n) is 10.8. The van der Waals surface area contributed by atoms with Crippen molar-refractivity contribution in [1.82, 2.24) is 14.5 Å². The van der Waals surface area contributed by atoms with E-state index in [0.717, 1.165) is 33.0 Å². The summed E-state index contributed by atoms with van der Waals surface area (Å²) in [6.07, 6.45) is 2.25. The van der Waals surface area contributed by atoms with E-state index in [2.05, 4.69) is 18.0 Å². The lowest BCUT2D eigenvalue weighted by atomic mass is 10.1. The minimum Gasteiger partial charge on any atom is -0.497 e. The molecule has 6 nitrogen and oxygen atoms in total. The highest BCUT2D eigenvalue weighted by atomic mass is 32.1. The van der Waals surface area contributed by atoms with Gasteiger partial charge in [-0.1, -0.05) is 18.2 Å². The number of carbonyl (C=O) groups excluding carboxylic acids is 1. The molecule has 8 heteroatoms. The van der Waals surface area contributed by atoms with Gasteiger partial charge in [0.2, 0.25) is 5.91 Å². The first kappa shape index (κ1) is 23.2. The highest BCUT2D eigenvalue weighted by Gasteiger charge is 2.23. The van der Waals surface area contributed by atoms with Crippen LogP contribution in [-0.2, 0) is 24.3 Å². The normalized spacial score (nSPS) is 12.1. The quantitative estimate of drug-likeness (QED) is 0.362. The van der Waals surface area contributed by atoms with Crippen molar-refractivity contribution in [2.24, 2.45) is 0 Å². The largest absolute Gasteiger partial charge is 0.497 e. The number of hydrogen-bond donors (Lipinski definition) is 0. The highest BCUT2D eigenvalue weighted by Crippen LogP contribution is 2.25. The maximum absolute atomic E-state index is 13.5. The monoisotopic (exact) mass is 481 g/mol. The van der Waals surface area contributed by atoms with Crippen molar-refractivity contribution < 1.29 is 9.53 Å². The van der Waals surface area contributed by atoms with E-state index in [-0.39, 0.29) is 24.1 Å². The Kier molecular flexibility index (Phi) is 6.95. The average Bonchev–Trinajstić information content (AvgIpc) is 3.42. The summed E-state index contributed by atoms with van der Waals surface area (Å²) in [6, 6.07) is 11.8. The summed E-state index contributed by atoms with van der Waals surface area (Å²) in [5, 5.41) is 2.66. The van der Waals surface area contributed by atoms with Crippen LogP contribution in [0.4, 0.5) is 0 Å². The summed E-state index contributed by atoms with van der Waals surface area (Å²) in [5.74, 6) is 0.665. The summed E-state index contributed by atoms with van der Waals surface area (Å²) < 4.78 is 6.69. The van der Waals surface area contributed by atoms with Crippen LogP contribution in [0.15, 0.2) is 52.9 Å². The molecule has 1 amide bonds. The first-order chi connectivity index (χ1) is 15.9. The van der Waals surface area contributed by atoms with Crippen LogP contribution in [0.5, 0.6) is 5.75 Å². The summed E-state index contributed by atoms with van der Waals surface area (Å²) in [5.41, 5.74) is 1.79. The maximum atomic E-state index is 13.5. The van der Waals surface area contributed by atoms with Crippen LogP contribution in [-0.4, -0.2) is 33.5 Å². The van der Waals surface area contributed by atoms with Crippen molar-refractivity contribution in [2.45, 2.75) is 46.3 Å². The molecule has 1 aromatic carbocycles. The Bertz CT molecular complexity index is 1310. The molecule has 33 heavy (non-hydrogen) atoms. The zero-order valence-electron chi connectivity index (χ0n) is 19.2. The van der Waals surface area contributed by atoms with Crippen molar-refractivity contribution in [2.75, 3.05) is 7.11 Å². The number of aromatic nitrogens is 2. The van der Waals surface area contributed by atoms with E-state index < -0.39 is 0 Å². The molecule has 4 rings (SSSR count). The van der Waals surface area contributed by atoms with Gasteiger partial charge in [-0.25, -0.2) is 4.98 Å². The van der Waals surface area contributed by atoms with Gasteiger partial charge in [0.1, 0.15) is 17.1 Å². The maximum Gasteiger partial charge on any atom is 0.262 e. The fraction of sp³-hybridized carbons (Fsp3) is 0.320.